The fourth-order valence-corrected chi connectivity index (χ4v) is 3.69. The van der Waals surface area contributed by atoms with Crippen molar-refractivity contribution in [2.24, 2.45) is 0 Å². The van der Waals surface area contributed by atoms with Gasteiger partial charge in [0.05, 0.1) is 16.5 Å². The molecule has 3 rings (SSSR count). The van der Waals surface area contributed by atoms with Crippen LogP contribution in [0.2, 0.25) is 5.02 Å². The van der Waals surface area contributed by atoms with Gasteiger partial charge in [-0.05, 0) is 38.1 Å². The topological polar surface area (TPSA) is 69.0 Å². The molecule has 1 atom stereocenters. The number of hydrogen-bond acceptors (Lipinski definition) is 5. The van der Waals surface area contributed by atoms with E-state index in [0.717, 1.165) is 30.0 Å². The van der Waals surface area contributed by atoms with Crippen molar-refractivity contribution in [1.82, 2.24) is 14.8 Å². The molecular formula is C20H19ClF2N4O2S. The van der Waals surface area contributed by atoms with E-state index < -0.39 is 23.6 Å². The summed E-state index contributed by atoms with van der Waals surface area (Å²) in [5.74, 6) is -0.772. The highest BCUT2D eigenvalue weighted by molar-refractivity contribution is 7.99. The van der Waals surface area contributed by atoms with Crippen LogP contribution in [0.4, 0.5) is 14.5 Å². The number of ether oxygens (including phenoxy) is 1. The van der Waals surface area contributed by atoms with Crippen LogP contribution >= 0.6 is 23.4 Å². The van der Waals surface area contributed by atoms with Crippen LogP contribution in [-0.2, 0) is 11.3 Å². The smallest absolute Gasteiger partial charge is 0.234 e. The molecule has 6 nitrogen and oxygen atoms in total. The Hall–Kier alpha value is -2.65. The Bertz CT molecular complexity index is 1050. The molecule has 158 valence electrons. The fourth-order valence-electron chi connectivity index (χ4n) is 2.70. The number of anilines is 1. The van der Waals surface area contributed by atoms with E-state index in [2.05, 4.69) is 15.5 Å². The van der Waals surface area contributed by atoms with Gasteiger partial charge in [0.25, 0.3) is 0 Å². The third kappa shape index (κ3) is 5.28. The molecule has 10 heteroatoms. The van der Waals surface area contributed by atoms with Gasteiger partial charge < -0.3 is 14.6 Å². The van der Waals surface area contributed by atoms with E-state index in [0.29, 0.717) is 28.3 Å². The highest BCUT2D eigenvalue weighted by Crippen LogP contribution is 2.29. The average Bonchev–Trinajstić information content (AvgIpc) is 3.14. The molecule has 0 saturated heterocycles. The average molecular weight is 453 g/mol. The molecule has 1 unspecified atom stereocenters. The van der Waals surface area contributed by atoms with Crippen LogP contribution in [0.3, 0.4) is 0 Å². The van der Waals surface area contributed by atoms with Crippen LogP contribution in [-0.4, -0.2) is 26.4 Å². The lowest BCUT2D eigenvalue weighted by atomic mass is 10.3. The normalized spacial score (nSPS) is 11.9. The van der Waals surface area contributed by atoms with Gasteiger partial charge in [-0.25, -0.2) is 8.78 Å². The van der Waals surface area contributed by atoms with E-state index in [1.54, 1.807) is 12.1 Å². The van der Waals surface area contributed by atoms with Crippen molar-refractivity contribution in [2.45, 2.75) is 31.7 Å². The molecule has 1 aromatic heterocycles. The van der Waals surface area contributed by atoms with E-state index in [-0.39, 0.29) is 11.4 Å². The lowest BCUT2D eigenvalue weighted by molar-refractivity contribution is -0.113. The highest BCUT2D eigenvalue weighted by Gasteiger charge is 2.20. The van der Waals surface area contributed by atoms with Crippen molar-refractivity contribution in [1.29, 1.82) is 0 Å². The van der Waals surface area contributed by atoms with Crippen molar-refractivity contribution < 1.29 is 18.3 Å². The molecule has 3 aromatic rings. The Morgan fingerprint density at radius 1 is 1.27 bits per heavy atom. The summed E-state index contributed by atoms with van der Waals surface area (Å²) in [4.78, 5) is 12.2. The molecule has 0 bridgehead atoms. The van der Waals surface area contributed by atoms with Gasteiger partial charge in [0.2, 0.25) is 5.91 Å². The van der Waals surface area contributed by atoms with Crippen molar-refractivity contribution in [3.05, 3.63) is 64.9 Å². The second kappa shape index (κ2) is 9.90. The zero-order valence-electron chi connectivity index (χ0n) is 16.2. The third-order valence-electron chi connectivity index (χ3n) is 4.10. The molecule has 1 amide bonds. The van der Waals surface area contributed by atoms with Gasteiger partial charge in [0.1, 0.15) is 17.4 Å². The number of rotatable bonds is 8. The molecule has 0 fully saturated rings. The van der Waals surface area contributed by atoms with E-state index in [1.807, 2.05) is 30.5 Å². The molecule has 1 heterocycles. The first-order valence-corrected chi connectivity index (χ1v) is 10.5. The van der Waals surface area contributed by atoms with Gasteiger partial charge in [-0.3, -0.25) is 4.79 Å². The third-order valence-corrected chi connectivity index (χ3v) is 5.38. The molecule has 1 N–H and O–H groups in total. The summed E-state index contributed by atoms with van der Waals surface area (Å²) in [5.41, 5.74) is -0.208. The monoisotopic (exact) mass is 452 g/mol. The zero-order valence-corrected chi connectivity index (χ0v) is 17.8. The minimum atomic E-state index is -0.709. The quantitative estimate of drug-likeness (QED) is 0.481. The lowest BCUT2D eigenvalue weighted by Crippen LogP contribution is -2.16. The predicted molar refractivity (Wildman–Crippen MR) is 112 cm³/mol. The SMILES string of the molecule is CCn1c(SCC(=O)Nc2cc(F)ccc2F)nnc1C(C)Oc1ccccc1Cl. The van der Waals surface area contributed by atoms with Gasteiger partial charge in [0.15, 0.2) is 17.1 Å². The predicted octanol–water partition coefficient (Wildman–Crippen LogP) is 5.10. The first-order chi connectivity index (χ1) is 14.4. The van der Waals surface area contributed by atoms with Crippen LogP contribution in [0.15, 0.2) is 47.6 Å². The molecule has 0 aliphatic carbocycles. The largest absolute Gasteiger partial charge is 0.481 e. The van der Waals surface area contributed by atoms with Gasteiger partial charge >= 0.3 is 0 Å². The van der Waals surface area contributed by atoms with E-state index >= 15 is 0 Å². The number of nitrogens with one attached hydrogen (secondary N) is 1. The molecule has 0 aliphatic heterocycles. The molecule has 0 spiro atoms. The van der Waals surface area contributed by atoms with Gasteiger partial charge in [0, 0.05) is 12.6 Å². The minimum Gasteiger partial charge on any atom is -0.481 e. The first kappa shape index (κ1) is 22.0. The Morgan fingerprint density at radius 2 is 2.03 bits per heavy atom. The summed E-state index contributed by atoms with van der Waals surface area (Å²) in [6, 6.07) is 9.99. The van der Waals surface area contributed by atoms with Crippen LogP contribution in [0, 0.1) is 11.6 Å². The molecular weight excluding hydrogens is 434 g/mol. The summed E-state index contributed by atoms with van der Waals surface area (Å²) in [5, 5.41) is 11.7. The number of nitrogens with zero attached hydrogens (tertiary/aromatic N) is 3. The van der Waals surface area contributed by atoms with Crippen LogP contribution in [0.5, 0.6) is 5.75 Å². The van der Waals surface area contributed by atoms with E-state index in [1.165, 1.54) is 0 Å². The van der Waals surface area contributed by atoms with Crippen LogP contribution < -0.4 is 10.1 Å². The standard InChI is InChI=1S/C20H19ClF2N4O2S/c1-3-27-19(12(2)29-17-7-5-4-6-14(17)21)25-26-20(27)30-11-18(28)24-16-10-13(22)8-9-15(16)23/h4-10,12H,3,11H2,1-2H3,(H,24,28). The number of halogens is 3. The minimum absolute atomic E-state index is 0.0478. The Labute approximate surface area is 181 Å². The summed E-state index contributed by atoms with van der Waals surface area (Å²) in [7, 11) is 0. The molecule has 0 saturated carbocycles. The summed E-state index contributed by atoms with van der Waals surface area (Å²) >= 11 is 7.28. The number of aromatic nitrogens is 3. The van der Waals surface area contributed by atoms with Crippen molar-refractivity contribution in [3.63, 3.8) is 0 Å². The maximum atomic E-state index is 13.7. The van der Waals surface area contributed by atoms with Gasteiger partial charge in [-0.1, -0.05) is 35.5 Å². The van der Waals surface area contributed by atoms with Crippen molar-refractivity contribution in [3.8, 4) is 5.75 Å². The number of hydrogen-bond donors (Lipinski definition) is 1. The highest BCUT2D eigenvalue weighted by atomic mass is 35.5. The lowest BCUT2D eigenvalue weighted by Gasteiger charge is -2.16. The van der Waals surface area contributed by atoms with E-state index in [4.69, 9.17) is 16.3 Å². The summed E-state index contributed by atoms with van der Waals surface area (Å²) in [6.45, 7) is 4.30. The Balaban J connectivity index is 1.66. The zero-order chi connectivity index (χ0) is 21.7. The number of benzene rings is 2. The number of para-hydroxylation sites is 1. The maximum Gasteiger partial charge on any atom is 0.234 e. The second-order valence-corrected chi connectivity index (χ2v) is 7.59. The maximum absolute atomic E-state index is 13.7. The fraction of sp³-hybridized carbons (Fsp3) is 0.250. The number of carbonyl (C=O) groups excluding carboxylic acids is 1. The number of carbonyl (C=O) groups is 1. The van der Waals surface area contributed by atoms with Crippen molar-refractivity contribution in [2.75, 3.05) is 11.1 Å². The molecule has 0 aliphatic rings. The van der Waals surface area contributed by atoms with Crippen LogP contribution in [0.25, 0.3) is 0 Å². The number of amides is 1. The Kier molecular flexibility index (Phi) is 7.28. The van der Waals surface area contributed by atoms with E-state index in [9.17, 15) is 13.6 Å². The Morgan fingerprint density at radius 3 is 2.77 bits per heavy atom. The summed E-state index contributed by atoms with van der Waals surface area (Å²) < 4.78 is 34.6. The van der Waals surface area contributed by atoms with Gasteiger partial charge in [-0.15, -0.1) is 10.2 Å². The number of thioether (sulfide) groups is 1. The van der Waals surface area contributed by atoms with Crippen molar-refractivity contribution >= 4 is 35.0 Å². The molecule has 0 radical (unpaired) electrons. The second-order valence-electron chi connectivity index (χ2n) is 6.24. The molecule has 30 heavy (non-hydrogen) atoms. The van der Waals surface area contributed by atoms with Gasteiger partial charge in [-0.2, -0.15) is 0 Å². The first-order valence-electron chi connectivity index (χ1n) is 9.11. The molecule has 2 aromatic carbocycles. The van der Waals surface area contributed by atoms with Crippen LogP contribution in [0.1, 0.15) is 25.8 Å². The summed E-state index contributed by atoms with van der Waals surface area (Å²) in [6.07, 6.45) is -0.429.